The highest BCUT2D eigenvalue weighted by atomic mass is 32.2. The highest BCUT2D eigenvalue weighted by Gasteiger charge is 2.54. The molecular formula is C17H27BN4O6S. The number of nitrogens with one attached hydrogen (secondary N) is 1. The van der Waals surface area contributed by atoms with Crippen LogP contribution in [-0.4, -0.2) is 78.7 Å². The Bertz CT molecular complexity index is 822. The Labute approximate surface area is 170 Å². The molecule has 10 nitrogen and oxygen atoms in total. The highest BCUT2D eigenvalue weighted by Crippen LogP contribution is 2.35. The van der Waals surface area contributed by atoms with Gasteiger partial charge in [0.25, 0.3) is 0 Å². The van der Waals surface area contributed by atoms with Gasteiger partial charge in [0.05, 0.1) is 11.7 Å². The molecule has 0 amide bonds. The summed E-state index contributed by atoms with van der Waals surface area (Å²) in [7, 11) is -5.50. The normalized spacial score (nSPS) is 25.6. The Balaban J connectivity index is 1.86. The molecule has 2 atom stereocenters. The van der Waals surface area contributed by atoms with Crippen molar-refractivity contribution in [3.8, 4) is 0 Å². The largest absolute Gasteiger partial charge is 0.480 e. The van der Waals surface area contributed by atoms with E-state index in [1.807, 2.05) is 0 Å². The van der Waals surface area contributed by atoms with Crippen LogP contribution in [0.1, 0.15) is 12.8 Å². The van der Waals surface area contributed by atoms with Gasteiger partial charge in [-0.25, -0.2) is 0 Å². The number of carbonyl (C=O) groups is 1. The van der Waals surface area contributed by atoms with Crippen LogP contribution in [0.3, 0.4) is 0 Å². The van der Waals surface area contributed by atoms with Crippen molar-refractivity contribution < 1.29 is 28.4 Å². The van der Waals surface area contributed by atoms with E-state index in [-0.39, 0.29) is 31.9 Å². The molecule has 2 aliphatic rings. The summed E-state index contributed by atoms with van der Waals surface area (Å²) >= 11 is 0. The number of nitrogens with two attached hydrogens (primary N) is 1. The van der Waals surface area contributed by atoms with Gasteiger partial charge in [0, 0.05) is 32.1 Å². The molecule has 2 saturated heterocycles. The Morgan fingerprint density at radius 1 is 1.31 bits per heavy atom. The molecule has 12 heteroatoms. The lowest BCUT2D eigenvalue weighted by Gasteiger charge is -2.40. The molecule has 2 aliphatic heterocycles. The van der Waals surface area contributed by atoms with Crippen molar-refractivity contribution >= 4 is 29.0 Å². The quantitative estimate of drug-likeness (QED) is 0.304. The molecule has 0 unspecified atom stereocenters. The van der Waals surface area contributed by atoms with E-state index >= 15 is 0 Å². The zero-order chi connectivity index (χ0) is 21.2. The van der Waals surface area contributed by atoms with E-state index in [4.69, 9.17) is 15.8 Å². The maximum Gasteiger partial charge on any atom is 0.451 e. The second kappa shape index (κ2) is 8.58. The number of rotatable bonds is 9. The Morgan fingerprint density at radius 3 is 2.48 bits per heavy atom. The number of anilines is 1. The van der Waals surface area contributed by atoms with Crippen molar-refractivity contribution in [1.82, 2.24) is 9.62 Å². The predicted octanol–water partition coefficient (Wildman–Crippen LogP) is -1.32. The lowest BCUT2D eigenvalue weighted by molar-refractivity contribution is -0.144. The molecule has 0 bridgehead atoms. The Kier molecular flexibility index (Phi) is 6.51. The van der Waals surface area contributed by atoms with Gasteiger partial charge in [0.15, 0.2) is 0 Å². The van der Waals surface area contributed by atoms with E-state index in [2.05, 4.69) is 5.32 Å². The van der Waals surface area contributed by atoms with Gasteiger partial charge in [-0.3, -0.25) is 9.10 Å². The summed E-state index contributed by atoms with van der Waals surface area (Å²) in [4.78, 5) is 11.9. The highest BCUT2D eigenvalue weighted by molar-refractivity contribution is 7.90. The van der Waals surface area contributed by atoms with Crippen LogP contribution in [-0.2, 0) is 15.0 Å². The molecule has 29 heavy (non-hydrogen) atoms. The van der Waals surface area contributed by atoms with E-state index in [9.17, 15) is 18.3 Å². The molecule has 0 saturated carbocycles. The number of para-hydroxylation sites is 1. The average molecular weight is 426 g/mol. The van der Waals surface area contributed by atoms with Crippen molar-refractivity contribution in [2.75, 3.05) is 30.5 Å². The maximum absolute atomic E-state index is 13.5. The number of aliphatic carboxylic acids is 1. The van der Waals surface area contributed by atoms with E-state index in [0.717, 1.165) is 4.31 Å². The fourth-order valence-corrected chi connectivity index (χ4v) is 5.79. The molecule has 160 valence electrons. The molecule has 0 aliphatic carbocycles. The summed E-state index contributed by atoms with van der Waals surface area (Å²) in [6.07, 6.45) is 0.684. The molecule has 2 heterocycles. The first-order valence-corrected chi connectivity index (χ1v) is 11.0. The first-order valence-electron chi connectivity index (χ1n) is 9.60. The lowest BCUT2D eigenvalue weighted by Crippen LogP contribution is -2.62. The molecule has 3 rings (SSSR count). The van der Waals surface area contributed by atoms with Gasteiger partial charge < -0.3 is 26.2 Å². The molecule has 0 radical (unpaired) electrons. The number of nitrogens with zero attached hydrogens (tertiary/aromatic N) is 2. The fourth-order valence-electron chi connectivity index (χ4n) is 3.88. The van der Waals surface area contributed by atoms with Crippen LogP contribution in [0.5, 0.6) is 0 Å². The SMILES string of the molecule is N[C@@]1(C(=O)O)CN(S(=O)(=O)N(c2ccccc2)C2CNC2)C[C@@H]1CCCB(O)O. The van der Waals surface area contributed by atoms with Gasteiger partial charge in [-0.2, -0.15) is 12.7 Å². The molecule has 6 N–H and O–H groups in total. The molecule has 0 spiro atoms. The van der Waals surface area contributed by atoms with Crippen molar-refractivity contribution in [3.05, 3.63) is 30.3 Å². The van der Waals surface area contributed by atoms with E-state index in [0.29, 0.717) is 25.2 Å². The lowest BCUT2D eigenvalue weighted by atomic mass is 9.78. The molecule has 1 aromatic carbocycles. The van der Waals surface area contributed by atoms with Gasteiger partial charge >= 0.3 is 23.3 Å². The fraction of sp³-hybridized carbons (Fsp3) is 0.588. The van der Waals surface area contributed by atoms with E-state index in [1.165, 1.54) is 4.31 Å². The van der Waals surface area contributed by atoms with Gasteiger partial charge in [-0.1, -0.05) is 24.6 Å². The third kappa shape index (κ3) is 4.42. The second-order valence-corrected chi connectivity index (χ2v) is 9.50. The summed E-state index contributed by atoms with van der Waals surface area (Å²) in [5.74, 6) is -1.90. The van der Waals surface area contributed by atoms with Crippen LogP contribution >= 0.6 is 0 Å². The minimum Gasteiger partial charge on any atom is -0.480 e. The number of benzene rings is 1. The smallest absolute Gasteiger partial charge is 0.451 e. The van der Waals surface area contributed by atoms with E-state index in [1.54, 1.807) is 30.3 Å². The number of carboxylic acid groups (broad SMARTS) is 1. The minimum atomic E-state index is -4.01. The van der Waals surface area contributed by atoms with Crippen LogP contribution in [0.2, 0.25) is 6.32 Å². The zero-order valence-corrected chi connectivity index (χ0v) is 16.8. The van der Waals surface area contributed by atoms with Crippen LogP contribution in [0.25, 0.3) is 0 Å². The van der Waals surface area contributed by atoms with Crippen molar-refractivity contribution in [1.29, 1.82) is 0 Å². The van der Waals surface area contributed by atoms with E-state index < -0.39 is 34.8 Å². The van der Waals surface area contributed by atoms with Crippen molar-refractivity contribution in [3.63, 3.8) is 0 Å². The predicted molar refractivity (Wildman–Crippen MR) is 108 cm³/mol. The molecule has 2 fully saturated rings. The number of hydrogen-bond acceptors (Lipinski definition) is 7. The summed E-state index contributed by atoms with van der Waals surface area (Å²) in [6.45, 7) is 0.648. The Morgan fingerprint density at radius 2 is 1.97 bits per heavy atom. The average Bonchev–Trinajstić information content (AvgIpc) is 2.97. The second-order valence-electron chi connectivity index (χ2n) is 7.70. The summed E-state index contributed by atoms with van der Waals surface area (Å²) in [5, 5.41) is 30.8. The topological polar surface area (TPSA) is 156 Å². The number of hydrogen-bond donors (Lipinski definition) is 5. The van der Waals surface area contributed by atoms with Crippen LogP contribution < -0.4 is 15.4 Å². The third-order valence-electron chi connectivity index (χ3n) is 5.68. The first kappa shape index (κ1) is 22.0. The summed E-state index contributed by atoms with van der Waals surface area (Å²) < 4.78 is 29.5. The third-order valence-corrected chi connectivity index (χ3v) is 7.62. The molecule has 0 aromatic heterocycles. The molecular weight excluding hydrogens is 399 g/mol. The van der Waals surface area contributed by atoms with Gasteiger partial charge in [-0.15, -0.1) is 0 Å². The molecule has 1 aromatic rings. The minimum absolute atomic E-state index is 0.0316. The van der Waals surface area contributed by atoms with Crippen LogP contribution in [0.4, 0.5) is 5.69 Å². The monoisotopic (exact) mass is 426 g/mol. The van der Waals surface area contributed by atoms with Gasteiger partial charge in [-0.05, 0) is 24.9 Å². The Hall–Kier alpha value is -1.70. The first-order chi connectivity index (χ1) is 13.7. The van der Waals surface area contributed by atoms with Crippen LogP contribution in [0.15, 0.2) is 30.3 Å². The van der Waals surface area contributed by atoms with Gasteiger partial charge in [0.2, 0.25) is 0 Å². The number of carboxylic acids is 1. The maximum atomic E-state index is 13.5. The standard InChI is InChI=1S/C17H27BN4O6S/c19-17(16(23)24)12-21(11-13(17)5-4-8-18(25)26)29(27,28)22(15-9-20-10-15)14-6-2-1-3-7-14/h1-3,6-7,13,15,20,25-26H,4-5,8-12,19H2,(H,23,24)/t13-,17-/m0/s1. The van der Waals surface area contributed by atoms with Crippen molar-refractivity contribution in [2.45, 2.75) is 30.7 Å². The van der Waals surface area contributed by atoms with Crippen LogP contribution in [0, 0.1) is 5.92 Å². The summed E-state index contributed by atoms with van der Waals surface area (Å²) in [5.41, 5.74) is 4.94. The summed E-state index contributed by atoms with van der Waals surface area (Å²) in [6, 6.07) is 8.45. The van der Waals surface area contributed by atoms with Gasteiger partial charge in [0.1, 0.15) is 5.54 Å². The van der Waals surface area contributed by atoms with Crippen molar-refractivity contribution in [2.24, 2.45) is 11.7 Å². The zero-order valence-electron chi connectivity index (χ0n) is 16.0.